The van der Waals surface area contributed by atoms with Crippen molar-refractivity contribution in [3.63, 3.8) is 0 Å². The molecule has 0 unspecified atom stereocenters. The van der Waals surface area contributed by atoms with Crippen LogP contribution in [0.3, 0.4) is 0 Å². The minimum absolute atomic E-state index is 0.0719. The van der Waals surface area contributed by atoms with Crippen LogP contribution in [0.25, 0.3) is 0 Å². The molecule has 6 heteroatoms. The van der Waals surface area contributed by atoms with Crippen molar-refractivity contribution in [3.05, 3.63) is 35.6 Å². The molecule has 0 saturated carbocycles. The number of aliphatic carboxylic acids is 1. The molecule has 5 nitrogen and oxygen atoms in total. The average Bonchev–Trinajstić information content (AvgIpc) is 2.87. The topological polar surface area (TPSA) is 69.6 Å². The van der Waals surface area contributed by atoms with Crippen LogP contribution >= 0.6 is 0 Å². The Hall–Kier alpha value is -1.95. The van der Waals surface area contributed by atoms with E-state index in [1.54, 1.807) is 17.0 Å². The number of nitrogens with one attached hydrogen (secondary N) is 1. The van der Waals surface area contributed by atoms with Crippen molar-refractivity contribution >= 4 is 11.9 Å². The highest BCUT2D eigenvalue weighted by atomic mass is 19.1. The molecule has 0 spiro atoms. The van der Waals surface area contributed by atoms with E-state index in [1.807, 2.05) is 6.92 Å². The van der Waals surface area contributed by atoms with Crippen LogP contribution < -0.4 is 5.32 Å². The predicted molar refractivity (Wildman–Crippen MR) is 75.2 cm³/mol. The lowest BCUT2D eigenvalue weighted by molar-refractivity contribution is -0.142. The molecule has 114 valence electrons. The van der Waals surface area contributed by atoms with Crippen LogP contribution in [0, 0.1) is 5.82 Å². The summed E-state index contributed by atoms with van der Waals surface area (Å²) in [7, 11) is 0. The molecular formula is C15H19FN2O3. The molecule has 0 radical (unpaired) electrons. The second-order valence-electron chi connectivity index (χ2n) is 5.31. The van der Waals surface area contributed by atoms with E-state index in [9.17, 15) is 14.0 Å². The number of likely N-dealkylation sites (tertiary alicyclic amines) is 1. The molecule has 1 aromatic carbocycles. The number of carbonyl (C=O) groups excluding carboxylic acids is 1. The van der Waals surface area contributed by atoms with Crippen LogP contribution in [0.2, 0.25) is 0 Å². The first kappa shape index (κ1) is 15.4. The summed E-state index contributed by atoms with van der Waals surface area (Å²) < 4.78 is 12.9. The molecule has 2 rings (SSSR count). The van der Waals surface area contributed by atoms with E-state index in [1.165, 1.54) is 12.1 Å². The summed E-state index contributed by atoms with van der Waals surface area (Å²) in [6, 6.07) is 5.12. The summed E-state index contributed by atoms with van der Waals surface area (Å²) in [5.74, 6) is -1.43. The molecule has 2 atom stereocenters. The summed E-state index contributed by atoms with van der Waals surface area (Å²) >= 11 is 0. The number of carbonyl (C=O) groups is 2. The number of carboxylic acids is 1. The van der Waals surface area contributed by atoms with Gasteiger partial charge in [-0.15, -0.1) is 0 Å². The molecule has 21 heavy (non-hydrogen) atoms. The van der Waals surface area contributed by atoms with E-state index >= 15 is 0 Å². The van der Waals surface area contributed by atoms with Gasteiger partial charge in [0.1, 0.15) is 11.9 Å². The van der Waals surface area contributed by atoms with Gasteiger partial charge in [0, 0.05) is 0 Å². The standard InChI is InChI=1S/C15H19FN2O3/c1-10(11-4-6-12(16)7-5-11)17-14(19)9-18-8-2-3-13(18)15(20)21/h4-7,10,13H,2-3,8-9H2,1H3,(H,17,19)(H,20,21)/t10-,13-/m1/s1. The predicted octanol–water partition coefficient (Wildman–Crippen LogP) is 1.55. The van der Waals surface area contributed by atoms with Gasteiger partial charge in [0.25, 0.3) is 0 Å². The van der Waals surface area contributed by atoms with Crippen molar-refractivity contribution < 1.29 is 19.1 Å². The maximum absolute atomic E-state index is 12.9. The van der Waals surface area contributed by atoms with Gasteiger partial charge in [-0.25, -0.2) is 4.39 Å². The fourth-order valence-corrected chi connectivity index (χ4v) is 2.60. The van der Waals surface area contributed by atoms with Crippen molar-refractivity contribution in [2.45, 2.75) is 31.8 Å². The number of nitrogens with zero attached hydrogens (tertiary/aromatic N) is 1. The minimum Gasteiger partial charge on any atom is -0.480 e. The van der Waals surface area contributed by atoms with Gasteiger partial charge in [0.15, 0.2) is 0 Å². The zero-order chi connectivity index (χ0) is 15.4. The molecule has 0 bridgehead atoms. The smallest absolute Gasteiger partial charge is 0.320 e. The number of hydrogen-bond donors (Lipinski definition) is 2. The molecule has 1 aliphatic heterocycles. The third kappa shape index (κ3) is 4.01. The molecule has 0 aliphatic carbocycles. The summed E-state index contributed by atoms with van der Waals surface area (Å²) in [6.07, 6.45) is 1.37. The molecule has 2 N–H and O–H groups in total. The first-order valence-electron chi connectivity index (χ1n) is 6.99. The molecule has 1 aliphatic rings. The first-order valence-corrected chi connectivity index (χ1v) is 6.99. The molecular weight excluding hydrogens is 275 g/mol. The fraction of sp³-hybridized carbons (Fsp3) is 0.467. The van der Waals surface area contributed by atoms with Gasteiger partial charge in [-0.2, -0.15) is 0 Å². The highest BCUT2D eigenvalue weighted by Crippen LogP contribution is 2.17. The number of amides is 1. The second-order valence-corrected chi connectivity index (χ2v) is 5.31. The van der Waals surface area contributed by atoms with Crippen molar-refractivity contribution in [3.8, 4) is 0 Å². The van der Waals surface area contributed by atoms with E-state index < -0.39 is 12.0 Å². The Morgan fingerprint density at radius 1 is 1.43 bits per heavy atom. The van der Waals surface area contributed by atoms with Gasteiger partial charge in [-0.1, -0.05) is 12.1 Å². The van der Waals surface area contributed by atoms with Crippen molar-refractivity contribution in [2.75, 3.05) is 13.1 Å². The fourth-order valence-electron chi connectivity index (χ4n) is 2.60. The summed E-state index contributed by atoms with van der Waals surface area (Å²) in [5.41, 5.74) is 0.806. The van der Waals surface area contributed by atoms with Crippen LogP contribution in [0.4, 0.5) is 4.39 Å². The lowest BCUT2D eigenvalue weighted by Gasteiger charge is -2.22. The average molecular weight is 294 g/mol. The van der Waals surface area contributed by atoms with Crippen LogP contribution in [-0.4, -0.2) is 41.0 Å². The van der Waals surface area contributed by atoms with E-state index in [0.717, 1.165) is 12.0 Å². The quantitative estimate of drug-likeness (QED) is 0.864. The number of carboxylic acid groups (broad SMARTS) is 1. The Balaban J connectivity index is 1.89. The van der Waals surface area contributed by atoms with E-state index in [4.69, 9.17) is 5.11 Å². The molecule has 1 amide bonds. The van der Waals surface area contributed by atoms with E-state index in [-0.39, 0.29) is 24.3 Å². The third-order valence-corrected chi connectivity index (χ3v) is 3.74. The maximum Gasteiger partial charge on any atom is 0.320 e. The number of halogens is 1. The zero-order valence-electron chi connectivity index (χ0n) is 11.9. The van der Waals surface area contributed by atoms with Gasteiger partial charge >= 0.3 is 5.97 Å². The van der Waals surface area contributed by atoms with Gasteiger partial charge in [-0.3, -0.25) is 14.5 Å². The van der Waals surface area contributed by atoms with Crippen molar-refractivity contribution in [1.82, 2.24) is 10.2 Å². The van der Waals surface area contributed by atoms with Crippen molar-refractivity contribution in [1.29, 1.82) is 0 Å². The first-order chi connectivity index (χ1) is 9.97. The van der Waals surface area contributed by atoms with E-state index in [0.29, 0.717) is 13.0 Å². The van der Waals surface area contributed by atoms with Crippen LogP contribution in [0.15, 0.2) is 24.3 Å². The number of rotatable bonds is 5. The summed E-state index contributed by atoms with van der Waals surface area (Å²) in [4.78, 5) is 24.7. The number of benzene rings is 1. The Bertz CT molecular complexity index is 518. The van der Waals surface area contributed by atoms with Gasteiger partial charge in [0.2, 0.25) is 5.91 Å². The Morgan fingerprint density at radius 2 is 2.10 bits per heavy atom. The third-order valence-electron chi connectivity index (χ3n) is 3.74. The van der Waals surface area contributed by atoms with E-state index in [2.05, 4.69) is 5.32 Å². The normalized spacial score (nSPS) is 20.2. The monoisotopic (exact) mass is 294 g/mol. The lowest BCUT2D eigenvalue weighted by Crippen LogP contribution is -2.43. The molecule has 1 aromatic rings. The second kappa shape index (κ2) is 6.67. The zero-order valence-corrected chi connectivity index (χ0v) is 11.9. The Morgan fingerprint density at radius 3 is 2.71 bits per heavy atom. The van der Waals surface area contributed by atoms with Crippen LogP contribution in [0.1, 0.15) is 31.4 Å². The highest BCUT2D eigenvalue weighted by molar-refractivity contribution is 5.80. The Labute approximate surface area is 122 Å². The van der Waals surface area contributed by atoms with Gasteiger partial charge in [0.05, 0.1) is 12.6 Å². The van der Waals surface area contributed by atoms with Gasteiger partial charge in [-0.05, 0) is 44.0 Å². The molecule has 1 fully saturated rings. The number of hydrogen-bond acceptors (Lipinski definition) is 3. The van der Waals surface area contributed by atoms with Crippen LogP contribution in [-0.2, 0) is 9.59 Å². The van der Waals surface area contributed by atoms with Crippen molar-refractivity contribution in [2.24, 2.45) is 0 Å². The largest absolute Gasteiger partial charge is 0.480 e. The minimum atomic E-state index is -0.883. The summed E-state index contributed by atoms with van der Waals surface area (Å²) in [6.45, 7) is 2.50. The Kier molecular flexibility index (Phi) is 4.90. The molecule has 0 aromatic heterocycles. The molecule has 1 saturated heterocycles. The summed E-state index contributed by atoms with van der Waals surface area (Å²) in [5, 5.41) is 11.9. The lowest BCUT2D eigenvalue weighted by atomic mass is 10.1. The maximum atomic E-state index is 12.9. The SMILES string of the molecule is C[C@@H](NC(=O)CN1CCC[C@@H]1C(=O)O)c1ccc(F)cc1. The van der Waals surface area contributed by atoms with Gasteiger partial charge < -0.3 is 10.4 Å². The van der Waals surface area contributed by atoms with Crippen LogP contribution in [0.5, 0.6) is 0 Å². The highest BCUT2D eigenvalue weighted by Gasteiger charge is 2.31. The molecule has 1 heterocycles.